The van der Waals surface area contributed by atoms with Gasteiger partial charge in [0, 0.05) is 30.7 Å². The van der Waals surface area contributed by atoms with E-state index in [-0.39, 0.29) is 5.82 Å². The minimum Gasteiger partial charge on any atom is -0.325 e. The number of aryl methyl sites for hydroxylation is 1. The Morgan fingerprint density at radius 2 is 2.08 bits per heavy atom. The Bertz CT molecular complexity index is 1000. The zero-order valence-corrected chi connectivity index (χ0v) is 13.2. The van der Waals surface area contributed by atoms with E-state index in [1.807, 2.05) is 29.1 Å². The van der Waals surface area contributed by atoms with E-state index in [2.05, 4.69) is 21.5 Å². The molecule has 0 amide bonds. The number of hydrogen-bond donors (Lipinski definition) is 0. The van der Waals surface area contributed by atoms with Gasteiger partial charge in [0.15, 0.2) is 0 Å². The fourth-order valence-electron chi connectivity index (χ4n) is 2.97. The molecule has 3 aromatic heterocycles. The molecule has 3 heterocycles. The zero-order chi connectivity index (χ0) is 16.5. The number of halogens is 1. The minimum atomic E-state index is -0.270. The van der Waals surface area contributed by atoms with E-state index in [0.29, 0.717) is 6.54 Å². The third-order valence-electron chi connectivity index (χ3n) is 4.06. The first-order valence-corrected chi connectivity index (χ1v) is 7.82. The molecule has 0 N–H and O–H groups in total. The predicted octanol–water partition coefficient (Wildman–Crippen LogP) is 3.50. The van der Waals surface area contributed by atoms with E-state index in [1.165, 1.54) is 12.1 Å². The van der Waals surface area contributed by atoms with Gasteiger partial charge in [-0.1, -0.05) is 12.1 Å². The molecular weight excluding hydrogens is 305 g/mol. The first kappa shape index (κ1) is 14.6. The van der Waals surface area contributed by atoms with Gasteiger partial charge in [-0.15, -0.1) is 0 Å². The summed E-state index contributed by atoms with van der Waals surface area (Å²) in [5.41, 5.74) is 2.69. The molecule has 0 aliphatic rings. The molecule has 1 aromatic carbocycles. The maximum atomic E-state index is 13.5. The van der Waals surface area contributed by atoms with Crippen molar-refractivity contribution in [3.8, 4) is 11.4 Å². The quantitative estimate of drug-likeness (QED) is 0.578. The van der Waals surface area contributed by atoms with Crippen LogP contribution in [0.2, 0.25) is 0 Å². The molecule has 0 saturated carbocycles. The van der Waals surface area contributed by atoms with Gasteiger partial charge >= 0.3 is 0 Å². The van der Waals surface area contributed by atoms with Gasteiger partial charge in [-0.25, -0.2) is 14.4 Å². The Morgan fingerprint density at radius 3 is 2.92 bits per heavy atom. The van der Waals surface area contributed by atoms with E-state index >= 15 is 0 Å². The van der Waals surface area contributed by atoms with Gasteiger partial charge in [0.05, 0.1) is 23.8 Å². The second-order valence-electron chi connectivity index (χ2n) is 5.53. The molecule has 0 aliphatic heterocycles. The highest BCUT2D eigenvalue weighted by molar-refractivity contribution is 5.74. The summed E-state index contributed by atoms with van der Waals surface area (Å²) in [6.45, 7) is 3.45. The minimum absolute atomic E-state index is 0.270. The van der Waals surface area contributed by atoms with Crippen molar-refractivity contribution in [3.63, 3.8) is 0 Å². The Hall–Kier alpha value is -3.02. The average molecular weight is 321 g/mol. The van der Waals surface area contributed by atoms with Crippen LogP contribution in [0.4, 0.5) is 4.39 Å². The molecule has 0 saturated heterocycles. The molecule has 0 unspecified atom stereocenters. The molecule has 4 rings (SSSR count). The predicted molar refractivity (Wildman–Crippen MR) is 89.9 cm³/mol. The van der Waals surface area contributed by atoms with Crippen LogP contribution in [0.25, 0.3) is 22.4 Å². The summed E-state index contributed by atoms with van der Waals surface area (Å²) in [6, 6.07) is 8.38. The highest BCUT2D eigenvalue weighted by Crippen LogP contribution is 2.21. The molecule has 0 spiro atoms. The molecule has 0 bridgehead atoms. The number of hydrogen-bond acceptors (Lipinski definition) is 3. The van der Waals surface area contributed by atoms with E-state index < -0.39 is 0 Å². The molecule has 0 aliphatic carbocycles. The van der Waals surface area contributed by atoms with E-state index in [4.69, 9.17) is 4.98 Å². The van der Waals surface area contributed by atoms with Gasteiger partial charge in [0.1, 0.15) is 17.5 Å². The normalized spacial score (nSPS) is 11.2. The van der Waals surface area contributed by atoms with Crippen molar-refractivity contribution in [2.75, 3.05) is 0 Å². The lowest BCUT2D eigenvalue weighted by atomic mass is 10.2. The lowest BCUT2D eigenvalue weighted by molar-refractivity contribution is 0.627. The fourth-order valence-corrected chi connectivity index (χ4v) is 2.97. The van der Waals surface area contributed by atoms with Gasteiger partial charge in [0.2, 0.25) is 0 Å². The van der Waals surface area contributed by atoms with Crippen molar-refractivity contribution in [2.45, 2.75) is 20.0 Å². The second-order valence-corrected chi connectivity index (χ2v) is 5.53. The van der Waals surface area contributed by atoms with E-state index in [0.717, 1.165) is 34.8 Å². The highest BCUT2D eigenvalue weighted by atomic mass is 19.1. The van der Waals surface area contributed by atoms with Crippen LogP contribution in [-0.2, 0) is 13.1 Å². The molecule has 0 fully saturated rings. The van der Waals surface area contributed by atoms with Crippen molar-refractivity contribution < 1.29 is 4.39 Å². The Balaban J connectivity index is 1.76. The number of pyridine rings is 1. The molecule has 0 atom stereocenters. The summed E-state index contributed by atoms with van der Waals surface area (Å²) in [6.07, 6.45) is 7.18. The monoisotopic (exact) mass is 321 g/mol. The summed E-state index contributed by atoms with van der Waals surface area (Å²) in [5.74, 6) is 1.38. The van der Waals surface area contributed by atoms with Gasteiger partial charge in [-0.2, -0.15) is 0 Å². The number of rotatable bonds is 4. The number of nitrogens with zero attached hydrogens (tertiary/aromatic N) is 5. The number of imidazole rings is 2. The van der Waals surface area contributed by atoms with Crippen molar-refractivity contribution in [1.29, 1.82) is 0 Å². The number of fused-ring (bicyclic) bond motifs is 1. The van der Waals surface area contributed by atoms with Crippen molar-refractivity contribution >= 4 is 11.0 Å². The van der Waals surface area contributed by atoms with Crippen molar-refractivity contribution in [1.82, 2.24) is 24.1 Å². The smallest absolute Gasteiger partial charge is 0.140 e. The molecule has 120 valence electrons. The summed E-state index contributed by atoms with van der Waals surface area (Å²) >= 11 is 0. The zero-order valence-electron chi connectivity index (χ0n) is 13.2. The molecule has 5 nitrogen and oxygen atoms in total. The van der Waals surface area contributed by atoms with E-state index in [1.54, 1.807) is 18.5 Å². The maximum absolute atomic E-state index is 13.5. The van der Waals surface area contributed by atoms with E-state index in [9.17, 15) is 4.39 Å². The lowest BCUT2D eigenvalue weighted by Crippen LogP contribution is -2.08. The van der Waals surface area contributed by atoms with Crippen molar-refractivity contribution in [2.24, 2.45) is 0 Å². The maximum Gasteiger partial charge on any atom is 0.140 e. The largest absolute Gasteiger partial charge is 0.325 e. The van der Waals surface area contributed by atoms with Crippen LogP contribution < -0.4 is 0 Å². The third kappa shape index (κ3) is 2.46. The first-order valence-electron chi connectivity index (χ1n) is 7.82. The van der Waals surface area contributed by atoms with Gasteiger partial charge in [-0.3, -0.25) is 4.98 Å². The fraction of sp³-hybridized carbons (Fsp3) is 0.167. The summed E-state index contributed by atoms with van der Waals surface area (Å²) in [4.78, 5) is 13.3. The molecular formula is C18H16FN5. The van der Waals surface area contributed by atoms with Crippen LogP contribution in [0, 0.1) is 5.82 Å². The lowest BCUT2D eigenvalue weighted by Gasteiger charge is -2.10. The van der Waals surface area contributed by atoms with Crippen LogP contribution in [-0.4, -0.2) is 24.1 Å². The van der Waals surface area contributed by atoms with Crippen LogP contribution in [0.5, 0.6) is 0 Å². The molecule has 4 aromatic rings. The van der Waals surface area contributed by atoms with Crippen LogP contribution in [0.3, 0.4) is 0 Å². The van der Waals surface area contributed by atoms with Crippen LogP contribution in [0.1, 0.15) is 12.7 Å². The standard InChI is InChI=1S/C18H16FN5/c1-2-24-16-11-20-7-6-15(16)22-17(24)12-23-9-8-21-18(23)13-4-3-5-14(19)10-13/h3-11H,2,12H2,1H3. The van der Waals surface area contributed by atoms with Crippen molar-refractivity contribution in [3.05, 3.63) is 66.8 Å². The number of aromatic nitrogens is 5. The molecule has 6 heteroatoms. The SMILES string of the molecule is CCn1c(Cn2ccnc2-c2cccc(F)c2)nc2ccncc21. The number of benzene rings is 1. The summed E-state index contributed by atoms with van der Waals surface area (Å²) in [7, 11) is 0. The first-order chi connectivity index (χ1) is 11.8. The summed E-state index contributed by atoms with van der Waals surface area (Å²) in [5, 5.41) is 0. The van der Waals surface area contributed by atoms with Crippen LogP contribution >= 0.6 is 0 Å². The second kappa shape index (κ2) is 5.88. The topological polar surface area (TPSA) is 48.5 Å². The Morgan fingerprint density at radius 1 is 1.17 bits per heavy atom. The Kier molecular flexibility index (Phi) is 3.57. The van der Waals surface area contributed by atoms with Crippen LogP contribution in [0.15, 0.2) is 55.1 Å². The van der Waals surface area contributed by atoms with Gasteiger partial charge in [-0.05, 0) is 25.1 Å². The van der Waals surface area contributed by atoms with Gasteiger partial charge < -0.3 is 9.13 Å². The molecule has 0 radical (unpaired) electrons. The van der Waals surface area contributed by atoms with Gasteiger partial charge in [0.25, 0.3) is 0 Å². The highest BCUT2D eigenvalue weighted by Gasteiger charge is 2.13. The Labute approximate surface area is 138 Å². The third-order valence-corrected chi connectivity index (χ3v) is 4.06. The average Bonchev–Trinajstić information content (AvgIpc) is 3.19. The summed E-state index contributed by atoms with van der Waals surface area (Å²) < 4.78 is 17.6. The molecule has 24 heavy (non-hydrogen) atoms.